The lowest BCUT2D eigenvalue weighted by Crippen LogP contribution is -2.48. The molecule has 0 atom stereocenters. The summed E-state index contributed by atoms with van der Waals surface area (Å²) in [5, 5.41) is 12.5. The van der Waals surface area contributed by atoms with Crippen LogP contribution in [0.4, 0.5) is 10.5 Å². The molecule has 2 N–H and O–H groups in total. The van der Waals surface area contributed by atoms with Crippen molar-refractivity contribution in [2.75, 3.05) is 45.7 Å². The van der Waals surface area contributed by atoms with Gasteiger partial charge in [-0.25, -0.2) is 4.79 Å². The molecular weight excluding hydrogens is 286 g/mol. The van der Waals surface area contributed by atoms with Gasteiger partial charge >= 0.3 is 6.03 Å². The molecule has 1 aliphatic heterocycles. The number of carbonyl (C=O) groups is 2. The fraction of sp³-hybridized carbons (Fsp3) is 0.467. The molecule has 0 saturated carbocycles. The van der Waals surface area contributed by atoms with E-state index in [1.165, 1.54) is 26.2 Å². The Bertz CT molecular complexity index is 580. The van der Waals surface area contributed by atoms with E-state index >= 15 is 0 Å². The lowest BCUT2D eigenvalue weighted by atomic mass is 10.1. The minimum atomic E-state index is -0.282. The third-order valence-electron chi connectivity index (χ3n) is 3.73. The van der Waals surface area contributed by atoms with Crippen LogP contribution in [0.15, 0.2) is 12.1 Å². The molecular formula is C15H21N3O4. The van der Waals surface area contributed by atoms with Gasteiger partial charge in [0.1, 0.15) is 11.5 Å². The molecule has 0 unspecified atom stereocenters. The zero-order chi connectivity index (χ0) is 16.3. The number of nitrogens with one attached hydrogen (secondary N) is 1. The molecule has 7 nitrogen and oxygen atoms in total. The lowest BCUT2D eigenvalue weighted by Gasteiger charge is -2.32. The van der Waals surface area contributed by atoms with E-state index in [-0.39, 0.29) is 23.1 Å². The summed E-state index contributed by atoms with van der Waals surface area (Å²) in [5.41, 5.74) is 0.518. The number of phenols is 1. The van der Waals surface area contributed by atoms with Gasteiger partial charge in [0.2, 0.25) is 0 Å². The number of piperazine rings is 1. The summed E-state index contributed by atoms with van der Waals surface area (Å²) in [6.07, 6.45) is 0. The second kappa shape index (κ2) is 6.65. The smallest absolute Gasteiger partial charge is 0.322 e. The van der Waals surface area contributed by atoms with Crippen molar-refractivity contribution in [2.24, 2.45) is 0 Å². The van der Waals surface area contributed by atoms with Crippen LogP contribution < -0.4 is 10.1 Å². The Labute approximate surface area is 129 Å². The number of ketones is 1. The summed E-state index contributed by atoms with van der Waals surface area (Å²) >= 11 is 0. The minimum absolute atomic E-state index is 0.148. The van der Waals surface area contributed by atoms with Gasteiger partial charge in [0.15, 0.2) is 5.78 Å². The molecule has 7 heteroatoms. The number of hydrogen-bond donors (Lipinski definition) is 2. The maximum absolute atomic E-state index is 12.3. The fourth-order valence-electron chi connectivity index (χ4n) is 2.32. The predicted molar refractivity (Wildman–Crippen MR) is 82.8 cm³/mol. The Balaban J connectivity index is 2.19. The van der Waals surface area contributed by atoms with Gasteiger partial charge < -0.3 is 25.0 Å². The number of benzene rings is 1. The van der Waals surface area contributed by atoms with E-state index in [1.54, 1.807) is 4.90 Å². The predicted octanol–water partition coefficient (Wildman–Crippen LogP) is 1.38. The number of rotatable bonds is 3. The Morgan fingerprint density at radius 3 is 2.41 bits per heavy atom. The summed E-state index contributed by atoms with van der Waals surface area (Å²) < 4.78 is 5.15. The standard InChI is InChI=1S/C15H21N3O4/c1-10(19)11-8-12(14(22-3)9-13(11)20)16-15(21)18-6-4-17(2)5-7-18/h8-9,20H,4-7H2,1-3H3,(H,16,21). The molecule has 1 aromatic rings. The van der Waals surface area contributed by atoms with E-state index in [2.05, 4.69) is 10.2 Å². The monoisotopic (exact) mass is 307 g/mol. The van der Waals surface area contributed by atoms with Gasteiger partial charge in [-0.2, -0.15) is 0 Å². The van der Waals surface area contributed by atoms with Gasteiger partial charge in [-0.3, -0.25) is 4.79 Å². The maximum atomic E-state index is 12.3. The highest BCUT2D eigenvalue weighted by atomic mass is 16.5. The Hall–Kier alpha value is -2.28. The number of aromatic hydroxyl groups is 1. The summed E-state index contributed by atoms with van der Waals surface area (Å²) in [6.45, 7) is 4.27. The first kappa shape index (κ1) is 16.1. The second-order valence-corrected chi connectivity index (χ2v) is 5.35. The molecule has 1 aliphatic rings. The van der Waals surface area contributed by atoms with E-state index < -0.39 is 0 Å². The summed E-state index contributed by atoms with van der Waals surface area (Å²) in [4.78, 5) is 27.7. The van der Waals surface area contributed by atoms with E-state index in [9.17, 15) is 14.7 Å². The number of Topliss-reactive ketones (excluding diaryl/α,β-unsaturated/α-hetero) is 1. The van der Waals surface area contributed by atoms with Crippen LogP contribution in [0.3, 0.4) is 0 Å². The number of carbonyl (C=O) groups excluding carboxylic acids is 2. The van der Waals surface area contributed by atoms with Crippen molar-refractivity contribution in [1.82, 2.24) is 9.80 Å². The molecule has 1 saturated heterocycles. The number of hydrogen-bond acceptors (Lipinski definition) is 5. The normalized spacial score (nSPS) is 15.5. The molecule has 22 heavy (non-hydrogen) atoms. The van der Waals surface area contributed by atoms with Gasteiger partial charge in [-0.1, -0.05) is 0 Å². The van der Waals surface area contributed by atoms with Gasteiger partial charge in [0, 0.05) is 32.2 Å². The first-order valence-corrected chi connectivity index (χ1v) is 7.08. The molecule has 2 amide bonds. The van der Waals surface area contributed by atoms with E-state index in [0.29, 0.717) is 24.5 Å². The number of urea groups is 1. The zero-order valence-corrected chi connectivity index (χ0v) is 13.0. The molecule has 120 valence electrons. The van der Waals surface area contributed by atoms with Crippen LogP contribution in [0.1, 0.15) is 17.3 Å². The molecule has 0 spiro atoms. The number of anilines is 1. The average Bonchev–Trinajstić information content (AvgIpc) is 2.48. The Kier molecular flexibility index (Phi) is 4.87. The van der Waals surface area contributed by atoms with Crippen LogP contribution in [-0.2, 0) is 0 Å². The average molecular weight is 307 g/mol. The molecule has 0 aromatic heterocycles. The van der Waals surface area contributed by atoms with Crippen molar-refractivity contribution in [3.63, 3.8) is 0 Å². The molecule has 1 fully saturated rings. The van der Waals surface area contributed by atoms with Crippen LogP contribution in [0, 0.1) is 0 Å². The summed E-state index contributed by atoms with van der Waals surface area (Å²) in [7, 11) is 3.45. The Morgan fingerprint density at radius 1 is 1.23 bits per heavy atom. The third-order valence-corrected chi connectivity index (χ3v) is 3.73. The highest BCUT2D eigenvalue weighted by Gasteiger charge is 2.21. The summed E-state index contributed by atoms with van der Waals surface area (Å²) in [6, 6.07) is 2.52. The first-order valence-electron chi connectivity index (χ1n) is 7.08. The molecule has 0 radical (unpaired) electrons. The topological polar surface area (TPSA) is 82.1 Å². The minimum Gasteiger partial charge on any atom is -0.507 e. The number of ether oxygens (including phenoxy) is 1. The van der Waals surface area contributed by atoms with Crippen LogP contribution in [0.2, 0.25) is 0 Å². The van der Waals surface area contributed by atoms with Gasteiger partial charge in [-0.05, 0) is 20.0 Å². The van der Waals surface area contributed by atoms with Gasteiger partial charge in [-0.15, -0.1) is 0 Å². The van der Waals surface area contributed by atoms with Crippen molar-refractivity contribution in [1.29, 1.82) is 0 Å². The molecule has 0 aliphatic carbocycles. The van der Waals surface area contributed by atoms with Crippen LogP contribution in [-0.4, -0.2) is 67.1 Å². The van der Waals surface area contributed by atoms with Crippen molar-refractivity contribution in [3.8, 4) is 11.5 Å². The highest BCUT2D eigenvalue weighted by molar-refractivity contribution is 6.00. The SMILES string of the molecule is COc1cc(O)c(C(C)=O)cc1NC(=O)N1CCN(C)CC1. The van der Waals surface area contributed by atoms with E-state index in [0.717, 1.165) is 13.1 Å². The van der Waals surface area contributed by atoms with Crippen LogP contribution in [0.5, 0.6) is 11.5 Å². The van der Waals surface area contributed by atoms with Crippen molar-refractivity contribution < 1.29 is 19.4 Å². The molecule has 2 rings (SSSR count). The van der Waals surface area contributed by atoms with E-state index in [4.69, 9.17) is 4.74 Å². The van der Waals surface area contributed by atoms with Crippen LogP contribution in [0.25, 0.3) is 0 Å². The van der Waals surface area contributed by atoms with Gasteiger partial charge in [0.05, 0.1) is 18.4 Å². The highest BCUT2D eigenvalue weighted by Crippen LogP contribution is 2.32. The maximum Gasteiger partial charge on any atom is 0.322 e. The largest absolute Gasteiger partial charge is 0.507 e. The molecule has 1 heterocycles. The first-order chi connectivity index (χ1) is 10.4. The second-order valence-electron chi connectivity index (χ2n) is 5.35. The van der Waals surface area contributed by atoms with Crippen molar-refractivity contribution in [3.05, 3.63) is 17.7 Å². The zero-order valence-electron chi connectivity index (χ0n) is 13.0. The van der Waals surface area contributed by atoms with Crippen LogP contribution >= 0.6 is 0 Å². The third kappa shape index (κ3) is 3.48. The quantitative estimate of drug-likeness (QED) is 0.651. The summed E-state index contributed by atoms with van der Waals surface area (Å²) in [5.74, 6) is -0.137. The Morgan fingerprint density at radius 2 is 1.86 bits per heavy atom. The number of phenolic OH excluding ortho intramolecular Hbond substituents is 1. The fourth-order valence-corrected chi connectivity index (χ4v) is 2.32. The van der Waals surface area contributed by atoms with E-state index in [1.807, 2.05) is 7.05 Å². The lowest BCUT2D eigenvalue weighted by molar-refractivity contribution is 0.101. The number of likely N-dealkylation sites (N-methyl/N-ethyl adjacent to an activating group) is 1. The molecule has 1 aromatic carbocycles. The van der Waals surface area contributed by atoms with Gasteiger partial charge in [0.25, 0.3) is 0 Å². The van der Waals surface area contributed by atoms with Crippen molar-refractivity contribution in [2.45, 2.75) is 6.92 Å². The number of nitrogens with zero attached hydrogens (tertiary/aromatic N) is 2. The van der Waals surface area contributed by atoms with Crippen molar-refractivity contribution >= 4 is 17.5 Å². The number of amides is 2. The number of methoxy groups -OCH3 is 1. The molecule has 0 bridgehead atoms.